The average Bonchev–Trinajstić information content (AvgIpc) is 2.78. The molecule has 1 aromatic carbocycles. The Bertz CT molecular complexity index is 637. The number of nitrogens with zero attached hydrogens (tertiary/aromatic N) is 3. The van der Waals surface area contributed by atoms with Crippen LogP contribution in [0.4, 0.5) is 11.6 Å². The molecule has 5 nitrogen and oxygen atoms in total. The Morgan fingerprint density at radius 1 is 1.38 bits per heavy atom. The highest BCUT2D eigenvalue weighted by atomic mass is 79.9. The van der Waals surface area contributed by atoms with Crippen molar-refractivity contribution in [3.63, 3.8) is 0 Å². The largest absolute Gasteiger partial charge is 0.495 e. The average molecular weight is 353 g/mol. The Morgan fingerprint density at radius 3 is 2.67 bits per heavy atom. The number of ether oxygens (including phenoxy) is 1. The smallest absolute Gasteiger partial charge is 0.204 e. The van der Waals surface area contributed by atoms with Crippen molar-refractivity contribution in [2.75, 3.05) is 31.4 Å². The molecule has 1 heterocycles. The molecule has 1 aromatic heterocycles. The van der Waals surface area contributed by atoms with E-state index in [1.54, 1.807) is 7.11 Å². The van der Waals surface area contributed by atoms with Gasteiger partial charge in [-0.05, 0) is 24.6 Å². The molecule has 6 heteroatoms. The van der Waals surface area contributed by atoms with Gasteiger partial charge in [0.2, 0.25) is 5.95 Å². The lowest BCUT2D eigenvalue weighted by Gasteiger charge is -2.16. The maximum atomic E-state index is 5.45. The summed E-state index contributed by atoms with van der Waals surface area (Å²) >= 11 is 3.49. The molecule has 0 aliphatic rings. The first-order valence-electron chi connectivity index (χ1n) is 6.70. The minimum atomic E-state index is 0.691. The molecule has 0 radical (unpaired) electrons. The summed E-state index contributed by atoms with van der Waals surface area (Å²) in [6.45, 7) is 2.75. The van der Waals surface area contributed by atoms with Crippen LogP contribution < -0.4 is 15.0 Å². The van der Waals surface area contributed by atoms with Crippen molar-refractivity contribution in [2.24, 2.45) is 7.05 Å². The number of rotatable bonds is 5. The number of nitrogens with one attached hydrogen (secondary N) is 1. The van der Waals surface area contributed by atoms with Crippen LogP contribution in [0, 0.1) is 6.92 Å². The second-order valence-electron chi connectivity index (χ2n) is 5.16. The molecule has 0 saturated heterocycles. The molecule has 114 valence electrons. The third-order valence-corrected chi connectivity index (χ3v) is 3.85. The second-order valence-corrected chi connectivity index (χ2v) is 6.07. The van der Waals surface area contributed by atoms with Crippen molar-refractivity contribution in [3.05, 3.63) is 34.1 Å². The zero-order valence-electron chi connectivity index (χ0n) is 13.1. The topological polar surface area (TPSA) is 42.3 Å². The summed E-state index contributed by atoms with van der Waals surface area (Å²) in [4.78, 5) is 6.41. The molecule has 0 amide bonds. The first kappa shape index (κ1) is 15.7. The van der Waals surface area contributed by atoms with Gasteiger partial charge in [-0.1, -0.05) is 15.9 Å². The summed E-state index contributed by atoms with van der Waals surface area (Å²) in [6.07, 6.45) is 1.89. The molecular formula is C15H21BrN4O. The molecule has 0 aliphatic carbocycles. The lowest BCUT2D eigenvalue weighted by atomic mass is 10.2. The summed E-state index contributed by atoms with van der Waals surface area (Å²) in [7, 11) is 7.68. The van der Waals surface area contributed by atoms with E-state index in [9.17, 15) is 0 Å². The third kappa shape index (κ3) is 3.32. The normalized spacial score (nSPS) is 10.6. The van der Waals surface area contributed by atoms with Gasteiger partial charge in [0.25, 0.3) is 0 Å². The van der Waals surface area contributed by atoms with Crippen LogP contribution in [0.25, 0.3) is 0 Å². The highest BCUT2D eigenvalue weighted by Crippen LogP contribution is 2.32. The van der Waals surface area contributed by atoms with Crippen LogP contribution >= 0.6 is 15.9 Å². The van der Waals surface area contributed by atoms with Crippen LogP contribution in [0.3, 0.4) is 0 Å². The van der Waals surface area contributed by atoms with E-state index >= 15 is 0 Å². The van der Waals surface area contributed by atoms with Gasteiger partial charge in [-0.15, -0.1) is 0 Å². The molecule has 0 aliphatic heterocycles. The minimum Gasteiger partial charge on any atom is -0.495 e. The molecule has 1 N–H and O–H groups in total. The molecule has 0 atom stereocenters. The molecule has 0 bridgehead atoms. The van der Waals surface area contributed by atoms with Crippen LogP contribution in [0.15, 0.2) is 22.8 Å². The third-order valence-electron chi connectivity index (χ3n) is 3.39. The lowest BCUT2D eigenvalue weighted by molar-refractivity contribution is 0.416. The lowest BCUT2D eigenvalue weighted by Crippen LogP contribution is -2.15. The maximum Gasteiger partial charge on any atom is 0.204 e. The summed E-state index contributed by atoms with van der Waals surface area (Å²) in [5, 5.41) is 3.44. The molecule has 0 saturated carbocycles. The Morgan fingerprint density at radius 2 is 2.10 bits per heavy atom. The maximum absolute atomic E-state index is 5.45. The van der Waals surface area contributed by atoms with Crippen molar-refractivity contribution in [3.8, 4) is 5.75 Å². The van der Waals surface area contributed by atoms with E-state index in [-0.39, 0.29) is 0 Å². The highest BCUT2D eigenvalue weighted by molar-refractivity contribution is 9.10. The number of anilines is 2. The van der Waals surface area contributed by atoms with E-state index in [2.05, 4.69) is 43.8 Å². The van der Waals surface area contributed by atoms with E-state index in [0.29, 0.717) is 6.54 Å². The second kappa shape index (κ2) is 6.39. The number of aryl methyl sites for hydroxylation is 1. The Balaban J connectivity index is 2.21. The predicted molar refractivity (Wildman–Crippen MR) is 90.3 cm³/mol. The SMILES string of the molecule is COc1cc(Br)cc(C)c1NCc1cnc(N(C)C)n1C. The van der Waals surface area contributed by atoms with Gasteiger partial charge < -0.3 is 19.5 Å². The molecule has 0 unspecified atom stereocenters. The van der Waals surface area contributed by atoms with Gasteiger partial charge in [0.05, 0.1) is 31.2 Å². The Kier molecular flexibility index (Phi) is 4.77. The van der Waals surface area contributed by atoms with Crippen LogP contribution in [0.1, 0.15) is 11.3 Å². The number of methoxy groups -OCH3 is 1. The molecule has 21 heavy (non-hydrogen) atoms. The number of imidazole rings is 1. The van der Waals surface area contributed by atoms with E-state index in [0.717, 1.165) is 33.1 Å². The van der Waals surface area contributed by atoms with Crippen molar-refractivity contribution in [1.29, 1.82) is 0 Å². The zero-order valence-corrected chi connectivity index (χ0v) is 14.7. The summed E-state index contributed by atoms with van der Waals surface area (Å²) in [5.74, 6) is 1.77. The van der Waals surface area contributed by atoms with Gasteiger partial charge in [-0.2, -0.15) is 0 Å². The van der Waals surface area contributed by atoms with Gasteiger partial charge in [-0.25, -0.2) is 4.98 Å². The summed E-state index contributed by atoms with van der Waals surface area (Å²) < 4.78 is 8.53. The zero-order chi connectivity index (χ0) is 15.6. The minimum absolute atomic E-state index is 0.691. The van der Waals surface area contributed by atoms with E-state index in [4.69, 9.17) is 4.74 Å². The van der Waals surface area contributed by atoms with Crippen molar-refractivity contribution in [2.45, 2.75) is 13.5 Å². The van der Waals surface area contributed by atoms with E-state index in [1.165, 1.54) is 0 Å². The van der Waals surface area contributed by atoms with Crippen LogP contribution in [-0.2, 0) is 13.6 Å². The first-order chi connectivity index (χ1) is 9.93. The quantitative estimate of drug-likeness (QED) is 0.897. The number of hydrogen-bond acceptors (Lipinski definition) is 4. The van der Waals surface area contributed by atoms with E-state index in [1.807, 2.05) is 38.3 Å². The standard InChI is InChI=1S/C15H21BrN4O/c1-10-6-11(16)7-13(21-5)14(10)17-8-12-9-18-15(19(2)3)20(12)4/h6-7,9,17H,8H2,1-5H3. The number of hydrogen-bond donors (Lipinski definition) is 1. The summed E-state index contributed by atoms with van der Waals surface area (Å²) in [6, 6.07) is 4.03. The fraction of sp³-hybridized carbons (Fsp3) is 0.400. The molecular weight excluding hydrogens is 332 g/mol. The van der Waals surface area contributed by atoms with E-state index < -0.39 is 0 Å². The van der Waals surface area contributed by atoms with Crippen molar-refractivity contribution >= 4 is 27.6 Å². The van der Waals surface area contributed by atoms with Crippen LogP contribution in [0.2, 0.25) is 0 Å². The fourth-order valence-electron chi connectivity index (χ4n) is 2.29. The Hall–Kier alpha value is -1.69. The first-order valence-corrected chi connectivity index (χ1v) is 7.49. The number of benzene rings is 1. The van der Waals surface area contributed by atoms with Gasteiger partial charge in [0.15, 0.2) is 0 Å². The molecule has 2 rings (SSSR count). The number of halogens is 1. The Labute approximate surface area is 134 Å². The van der Waals surface area contributed by atoms with Gasteiger partial charge in [0.1, 0.15) is 5.75 Å². The van der Waals surface area contributed by atoms with Gasteiger partial charge in [-0.3, -0.25) is 0 Å². The van der Waals surface area contributed by atoms with Gasteiger partial charge in [0, 0.05) is 25.6 Å². The molecule has 0 spiro atoms. The molecule has 0 fully saturated rings. The molecule has 2 aromatic rings. The van der Waals surface area contributed by atoms with Gasteiger partial charge >= 0.3 is 0 Å². The van der Waals surface area contributed by atoms with Crippen molar-refractivity contribution in [1.82, 2.24) is 9.55 Å². The monoisotopic (exact) mass is 352 g/mol. The van der Waals surface area contributed by atoms with Crippen LogP contribution in [0.5, 0.6) is 5.75 Å². The number of aromatic nitrogens is 2. The summed E-state index contributed by atoms with van der Waals surface area (Å²) in [5.41, 5.74) is 3.26. The highest BCUT2D eigenvalue weighted by Gasteiger charge is 2.11. The van der Waals surface area contributed by atoms with Crippen LogP contribution in [-0.4, -0.2) is 30.8 Å². The van der Waals surface area contributed by atoms with Crippen molar-refractivity contribution < 1.29 is 4.74 Å². The fourth-order valence-corrected chi connectivity index (χ4v) is 2.84. The predicted octanol–water partition coefficient (Wildman–Crippen LogP) is 3.18.